The first-order valence-corrected chi connectivity index (χ1v) is 4.75. The maximum atomic E-state index is 10.9. The number of nitrogens with two attached hydrogens (primary N) is 1. The lowest BCUT2D eigenvalue weighted by molar-refractivity contribution is 0.0687. The Hall–Kier alpha value is -1.43. The molecule has 84 valence electrons. The molecule has 3 N–H and O–H groups in total. The van der Waals surface area contributed by atoms with E-state index >= 15 is 0 Å². The maximum Gasteiger partial charge on any atom is 0.358 e. The highest BCUT2D eigenvalue weighted by Crippen LogP contribution is 2.24. The van der Waals surface area contributed by atoms with Crippen molar-refractivity contribution in [3.63, 3.8) is 0 Å². The number of hydrogen-bond donors (Lipinski definition) is 2. The predicted octanol–water partition coefficient (Wildman–Crippen LogP) is 0.233. The lowest BCUT2D eigenvalue weighted by Crippen LogP contribution is -2.24. The fourth-order valence-electron chi connectivity index (χ4n) is 1.48. The Labute approximate surface area is 88.1 Å². The van der Waals surface area contributed by atoms with Gasteiger partial charge in [-0.3, -0.25) is 0 Å². The largest absolute Gasteiger partial charge is 0.476 e. The second kappa shape index (κ2) is 3.98. The molecule has 1 heterocycles. The summed E-state index contributed by atoms with van der Waals surface area (Å²) in [4.78, 5) is 10.9. The van der Waals surface area contributed by atoms with Gasteiger partial charge in [0.25, 0.3) is 0 Å². The number of carboxylic acid groups (broad SMARTS) is 1. The Morgan fingerprint density at radius 3 is 2.53 bits per heavy atom. The molecule has 1 aromatic rings. The van der Waals surface area contributed by atoms with Gasteiger partial charge in [-0.05, 0) is 0 Å². The molecule has 0 fully saturated rings. The quantitative estimate of drug-likeness (QED) is 0.748. The van der Waals surface area contributed by atoms with Gasteiger partial charge in [0.05, 0.1) is 12.2 Å². The van der Waals surface area contributed by atoms with Crippen LogP contribution in [0.1, 0.15) is 37.0 Å². The summed E-state index contributed by atoms with van der Waals surface area (Å²) < 4.78 is 1.56. The number of aromatic nitrogens is 3. The first kappa shape index (κ1) is 11.6. The number of carboxylic acids is 1. The predicted molar refractivity (Wildman–Crippen MR) is 54.7 cm³/mol. The van der Waals surface area contributed by atoms with Gasteiger partial charge in [0.1, 0.15) is 0 Å². The molecular weight excluding hydrogens is 196 g/mol. The van der Waals surface area contributed by atoms with Crippen LogP contribution in [0.15, 0.2) is 0 Å². The highest BCUT2D eigenvalue weighted by molar-refractivity contribution is 5.86. The van der Waals surface area contributed by atoms with E-state index in [0.29, 0.717) is 18.8 Å². The number of rotatable bonds is 3. The summed E-state index contributed by atoms with van der Waals surface area (Å²) >= 11 is 0. The van der Waals surface area contributed by atoms with E-state index in [1.807, 2.05) is 20.8 Å². The zero-order chi connectivity index (χ0) is 11.6. The van der Waals surface area contributed by atoms with Gasteiger partial charge in [0.15, 0.2) is 5.69 Å². The second-order valence-electron chi connectivity index (χ2n) is 4.35. The lowest BCUT2D eigenvalue weighted by Gasteiger charge is -2.19. The van der Waals surface area contributed by atoms with Gasteiger partial charge in [-0.2, -0.15) is 0 Å². The zero-order valence-electron chi connectivity index (χ0n) is 9.19. The van der Waals surface area contributed by atoms with Crippen LogP contribution in [-0.4, -0.2) is 32.6 Å². The van der Waals surface area contributed by atoms with Crippen molar-refractivity contribution in [2.75, 3.05) is 6.54 Å². The first-order chi connectivity index (χ1) is 6.88. The monoisotopic (exact) mass is 212 g/mol. The van der Waals surface area contributed by atoms with E-state index in [-0.39, 0.29) is 11.1 Å². The summed E-state index contributed by atoms with van der Waals surface area (Å²) in [5.74, 6) is -1.05. The van der Waals surface area contributed by atoms with Crippen LogP contribution in [0, 0.1) is 0 Å². The van der Waals surface area contributed by atoms with Crippen LogP contribution in [0.25, 0.3) is 0 Å². The highest BCUT2D eigenvalue weighted by Gasteiger charge is 2.28. The van der Waals surface area contributed by atoms with E-state index in [4.69, 9.17) is 10.8 Å². The molecule has 1 rings (SSSR count). The number of nitrogens with zero attached hydrogens (tertiary/aromatic N) is 3. The molecule has 6 nitrogen and oxygen atoms in total. The first-order valence-electron chi connectivity index (χ1n) is 4.75. The average molecular weight is 212 g/mol. The van der Waals surface area contributed by atoms with E-state index in [0.717, 1.165) is 0 Å². The Balaban J connectivity index is 3.27. The minimum absolute atomic E-state index is 0.0101. The molecule has 0 atom stereocenters. The third kappa shape index (κ3) is 2.33. The average Bonchev–Trinajstić information content (AvgIpc) is 2.47. The summed E-state index contributed by atoms with van der Waals surface area (Å²) in [5.41, 5.74) is 5.73. The van der Waals surface area contributed by atoms with E-state index in [1.54, 1.807) is 4.68 Å². The van der Waals surface area contributed by atoms with E-state index < -0.39 is 5.97 Å². The molecular formula is C9H16N4O2. The maximum absolute atomic E-state index is 10.9. The number of carbonyl (C=O) groups is 1. The Bertz CT molecular complexity index is 365. The molecule has 0 spiro atoms. The highest BCUT2D eigenvalue weighted by atomic mass is 16.4. The van der Waals surface area contributed by atoms with Gasteiger partial charge in [-0.1, -0.05) is 26.0 Å². The fourth-order valence-corrected chi connectivity index (χ4v) is 1.48. The van der Waals surface area contributed by atoms with Crippen molar-refractivity contribution < 1.29 is 9.90 Å². The summed E-state index contributed by atoms with van der Waals surface area (Å²) in [5, 5.41) is 16.4. The Kier molecular flexibility index (Phi) is 3.09. The molecule has 0 amide bonds. The number of aromatic carboxylic acids is 1. The molecule has 6 heteroatoms. The molecule has 0 aliphatic rings. The smallest absolute Gasteiger partial charge is 0.358 e. The van der Waals surface area contributed by atoms with Crippen LogP contribution in [-0.2, 0) is 12.0 Å². The normalized spacial score (nSPS) is 11.7. The van der Waals surface area contributed by atoms with E-state index in [9.17, 15) is 4.79 Å². The van der Waals surface area contributed by atoms with Gasteiger partial charge in [-0.15, -0.1) is 5.10 Å². The molecule has 0 aliphatic heterocycles. The van der Waals surface area contributed by atoms with Crippen molar-refractivity contribution >= 4 is 5.97 Å². The summed E-state index contributed by atoms with van der Waals surface area (Å²) in [6, 6.07) is 0. The fraction of sp³-hybridized carbons (Fsp3) is 0.667. The van der Waals surface area contributed by atoms with Gasteiger partial charge in [0, 0.05) is 12.0 Å². The number of hydrogen-bond acceptors (Lipinski definition) is 4. The Morgan fingerprint density at radius 1 is 1.53 bits per heavy atom. The van der Waals surface area contributed by atoms with Crippen molar-refractivity contribution in [2.24, 2.45) is 5.73 Å². The van der Waals surface area contributed by atoms with Crippen molar-refractivity contribution in [2.45, 2.75) is 32.7 Å². The topological polar surface area (TPSA) is 94.0 Å². The van der Waals surface area contributed by atoms with Crippen molar-refractivity contribution in [3.05, 3.63) is 11.4 Å². The lowest BCUT2D eigenvalue weighted by atomic mass is 9.90. The van der Waals surface area contributed by atoms with Crippen molar-refractivity contribution in [1.29, 1.82) is 0 Å². The molecule has 0 unspecified atom stereocenters. The molecule has 15 heavy (non-hydrogen) atoms. The summed E-state index contributed by atoms with van der Waals surface area (Å²) in [6.07, 6.45) is 0. The van der Waals surface area contributed by atoms with Crippen LogP contribution in [0.4, 0.5) is 0 Å². The molecule has 0 saturated heterocycles. The molecule has 0 aromatic carbocycles. The van der Waals surface area contributed by atoms with Gasteiger partial charge >= 0.3 is 5.97 Å². The Morgan fingerprint density at radius 2 is 2.13 bits per heavy atom. The van der Waals surface area contributed by atoms with Gasteiger partial charge < -0.3 is 10.8 Å². The van der Waals surface area contributed by atoms with Crippen LogP contribution in [0.2, 0.25) is 0 Å². The third-order valence-electron chi connectivity index (χ3n) is 1.99. The minimum Gasteiger partial charge on any atom is -0.476 e. The SMILES string of the molecule is CC(C)(C)c1c(C(=O)O)nnn1CCN. The third-order valence-corrected chi connectivity index (χ3v) is 1.99. The summed E-state index contributed by atoms with van der Waals surface area (Å²) in [7, 11) is 0. The van der Waals surface area contributed by atoms with Crippen molar-refractivity contribution in [3.8, 4) is 0 Å². The van der Waals surface area contributed by atoms with Crippen LogP contribution >= 0.6 is 0 Å². The molecule has 0 radical (unpaired) electrons. The zero-order valence-corrected chi connectivity index (χ0v) is 9.19. The molecule has 0 bridgehead atoms. The van der Waals surface area contributed by atoms with E-state index in [1.165, 1.54) is 0 Å². The standard InChI is InChI=1S/C9H16N4O2/c1-9(2,3)7-6(8(14)15)11-12-13(7)5-4-10/h4-5,10H2,1-3H3,(H,14,15). The summed E-state index contributed by atoms with van der Waals surface area (Å²) in [6.45, 7) is 6.65. The molecule has 0 saturated carbocycles. The van der Waals surface area contributed by atoms with Crippen LogP contribution < -0.4 is 5.73 Å². The van der Waals surface area contributed by atoms with E-state index in [2.05, 4.69) is 10.3 Å². The van der Waals surface area contributed by atoms with Gasteiger partial charge in [-0.25, -0.2) is 9.48 Å². The molecule has 0 aliphatic carbocycles. The minimum atomic E-state index is -1.05. The van der Waals surface area contributed by atoms with Crippen LogP contribution in [0.5, 0.6) is 0 Å². The molecule has 1 aromatic heterocycles. The second-order valence-corrected chi connectivity index (χ2v) is 4.35. The van der Waals surface area contributed by atoms with Crippen molar-refractivity contribution in [1.82, 2.24) is 15.0 Å². The van der Waals surface area contributed by atoms with Gasteiger partial charge in [0.2, 0.25) is 0 Å². The van der Waals surface area contributed by atoms with Crippen LogP contribution in [0.3, 0.4) is 0 Å².